The Hall–Kier alpha value is -3.08. The third kappa shape index (κ3) is 5.39. The molecule has 2 aliphatic rings. The van der Waals surface area contributed by atoms with E-state index in [1.165, 1.54) is 30.3 Å². The minimum Gasteiger partial charge on any atom is -0.406 e. The van der Waals surface area contributed by atoms with Crippen LogP contribution in [0.5, 0.6) is 5.75 Å². The molecule has 38 heavy (non-hydrogen) atoms. The molecule has 1 aliphatic heterocycles. The first-order valence-corrected chi connectivity index (χ1v) is 14.1. The van der Waals surface area contributed by atoms with Gasteiger partial charge in [0.1, 0.15) is 15.7 Å². The molecule has 1 saturated carbocycles. The summed E-state index contributed by atoms with van der Waals surface area (Å²) in [5.41, 5.74) is 4.53. The van der Waals surface area contributed by atoms with Gasteiger partial charge in [0.15, 0.2) is 0 Å². The van der Waals surface area contributed by atoms with Crippen molar-refractivity contribution < 1.29 is 27.2 Å². The van der Waals surface area contributed by atoms with Crippen molar-refractivity contribution in [2.24, 2.45) is 4.36 Å². The van der Waals surface area contributed by atoms with Crippen LogP contribution in [0.25, 0.3) is 0 Å². The van der Waals surface area contributed by atoms with Gasteiger partial charge in [-0.3, -0.25) is 0 Å². The van der Waals surface area contributed by atoms with Crippen molar-refractivity contribution in [2.75, 3.05) is 11.9 Å². The average Bonchev–Trinajstić information content (AvgIpc) is 3.06. The first-order valence-electron chi connectivity index (χ1n) is 12.6. The molecule has 2 N–H and O–H groups in total. The molecule has 6 nitrogen and oxygen atoms in total. The molecule has 3 aromatic carbocycles. The minimum atomic E-state index is -4.82. The summed E-state index contributed by atoms with van der Waals surface area (Å²) >= 11 is 0. The number of halogens is 3. The van der Waals surface area contributed by atoms with Gasteiger partial charge < -0.3 is 14.7 Å². The number of nitrogens with one attached hydrogen (secondary N) is 1. The van der Waals surface area contributed by atoms with Crippen LogP contribution < -0.4 is 14.4 Å². The van der Waals surface area contributed by atoms with Gasteiger partial charge in [-0.2, -0.15) is 0 Å². The van der Waals surface area contributed by atoms with Gasteiger partial charge >= 0.3 is 6.36 Å². The largest absolute Gasteiger partial charge is 0.573 e. The van der Waals surface area contributed by atoms with Gasteiger partial charge in [0.25, 0.3) is 0 Å². The van der Waals surface area contributed by atoms with E-state index in [0.29, 0.717) is 6.42 Å². The number of ether oxygens (including phenoxy) is 1. The van der Waals surface area contributed by atoms with Crippen molar-refractivity contribution in [3.63, 3.8) is 0 Å². The Bertz CT molecular complexity index is 1360. The Morgan fingerprint density at radius 1 is 0.947 bits per heavy atom. The van der Waals surface area contributed by atoms with Crippen LogP contribution in [0.4, 0.5) is 24.5 Å². The maximum Gasteiger partial charge on any atom is 0.573 e. The molecule has 202 valence electrons. The minimum absolute atomic E-state index is 0.217. The van der Waals surface area contributed by atoms with Crippen LogP contribution in [0, 0.1) is 0 Å². The predicted octanol–water partition coefficient (Wildman–Crippen LogP) is 5.77. The Balaban J connectivity index is 1.44. The fourth-order valence-electron chi connectivity index (χ4n) is 5.50. The number of alkyl halides is 3. The molecule has 0 saturated heterocycles. The summed E-state index contributed by atoms with van der Waals surface area (Å²) in [7, 11) is -1.83. The van der Waals surface area contributed by atoms with Crippen LogP contribution in [0.3, 0.4) is 0 Å². The van der Waals surface area contributed by atoms with Crippen molar-refractivity contribution in [2.45, 2.75) is 61.5 Å². The molecule has 4 atom stereocenters. The zero-order valence-corrected chi connectivity index (χ0v) is 21.7. The predicted molar refractivity (Wildman–Crippen MR) is 141 cm³/mol. The second-order valence-electron chi connectivity index (χ2n) is 9.57. The van der Waals surface area contributed by atoms with E-state index >= 15 is 0 Å². The highest BCUT2D eigenvalue weighted by atomic mass is 32.2. The summed E-state index contributed by atoms with van der Waals surface area (Å²) in [4.78, 5) is 2.44. The van der Waals surface area contributed by atoms with E-state index in [9.17, 15) is 22.5 Å². The Morgan fingerprint density at radius 3 is 2.08 bits per heavy atom. The number of rotatable bonds is 5. The zero-order chi connectivity index (χ0) is 26.9. The third-order valence-corrected chi connectivity index (χ3v) is 9.31. The molecular weight excluding hydrogens is 515 g/mol. The van der Waals surface area contributed by atoms with Gasteiger partial charge in [0.05, 0.1) is 17.0 Å². The molecule has 1 fully saturated rings. The number of aryl methyl sites for hydroxylation is 2. The molecule has 10 heteroatoms. The molecule has 1 unspecified atom stereocenters. The lowest BCUT2D eigenvalue weighted by atomic mass is 9.86. The van der Waals surface area contributed by atoms with Crippen LogP contribution in [0.1, 0.15) is 30.4 Å². The topological polar surface area (TPSA) is 74.2 Å². The van der Waals surface area contributed by atoms with E-state index in [1.807, 2.05) is 24.3 Å². The van der Waals surface area contributed by atoms with Crippen molar-refractivity contribution in [3.8, 4) is 5.75 Å². The van der Waals surface area contributed by atoms with Crippen LogP contribution in [-0.4, -0.2) is 40.9 Å². The van der Waals surface area contributed by atoms with Crippen LogP contribution in [-0.2, 0) is 22.8 Å². The van der Waals surface area contributed by atoms with Gasteiger partial charge in [-0.05, 0) is 79.6 Å². The second kappa shape index (κ2) is 10.6. The number of aliphatic hydroxyl groups is 1. The fourth-order valence-corrected chi connectivity index (χ4v) is 7.12. The van der Waals surface area contributed by atoms with Crippen LogP contribution in [0.2, 0.25) is 0 Å². The highest BCUT2D eigenvalue weighted by molar-refractivity contribution is 7.91. The number of hydrogen-bond acceptors (Lipinski definition) is 5. The fraction of sp³-hybridized carbons (Fsp3) is 0.357. The van der Waals surface area contributed by atoms with E-state index in [4.69, 9.17) is 0 Å². The van der Waals surface area contributed by atoms with E-state index in [-0.39, 0.29) is 10.9 Å². The summed E-state index contributed by atoms with van der Waals surface area (Å²) in [5, 5.41) is 11.7. The van der Waals surface area contributed by atoms with Crippen molar-refractivity contribution in [3.05, 3.63) is 83.9 Å². The van der Waals surface area contributed by atoms with Gasteiger partial charge in [0.2, 0.25) is 0 Å². The average molecular weight is 546 g/mol. The van der Waals surface area contributed by atoms with E-state index in [2.05, 4.69) is 43.0 Å². The highest BCUT2D eigenvalue weighted by Crippen LogP contribution is 2.41. The number of hydrogen-bond donors (Lipinski definition) is 2. The van der Waals surface area contributed by atoms with Gasteiger partial charge in [0, 0.05) is 24.5 Å². The highest BCUT2D eigenvalue weighted by Gasteiger charge is 2.39. The maximum atomic E-state index is 13.8. The standard InChI is InChI=1S/C28H30F3N3O3S/c1-32-38(36,22-17-15-21(16-18-22)37-28(29,30)31)33-23-9-6-12-26(27(23)35)34-24-10-4-2-7-19(24)13-14-20-8-3-5-11-25(20)34/h2-5,7-8,10-11,15-18,23,26-27,35H,6,9,12-14H2,1H3,(H,32,33,36)/t23-,26-,27+,38?/m0/s1. The number of anilines is 2. The van der Waals surface area contributed by atoms with Gasteiger partial charge in [-0.1, -0.05) is 36.4 Å². The molecule has 0 aromatic heterocycles. The summed E-state index contributed by atoms with van der Waals surface area (Å²) in [6.07, 6.45) is -1.79. The van der Waals surface area contributed by atoms with Crippen molar-refractivity contribution in [1.29, 1.82) is 0 Å². The quantitative estimate of drug-likeness (QED) is 0.427. The Labute approximate surface area is 220 Å². The van der Waals surface area contributed by atoms with Gasteiger partial charge in [-0.15, -0.1) is 13.2 Å². The van der Waals surface area contributed by atoms with E-state index in [1.54, 1.807) is 0 Å². The number of nitrogens with zero attached hydrogens (tertiary/aromatic N) is 2. The SMILES string of the molecule is CN=S(=O)(N[C@H]1CCC[C@H](N2c3ccccc3CCc3ccccc32)[C@@H]1O)c1ccc(OC(F)(F)F)cc1. The molecule has 0 spiro atoms. The molecule has 3 aromatic rings. The van der Waals surface area contributed by atoms with Crippen molar-refractivity contribution >= 4 is 21.3 Å². The molecule has 1 heterocycles. The molecular formula is C28H30F3N3O3S. The second-order valence-corrected chi connectivity index (χ2v) is 11.7. The Morgan fingerprint density at radius 2 is 1.53 bits per heavy atom. The zero-order valence-electron chi connectivity index (χ0n) is 20.9. The normalized spacial score (nSPS) is 23.0. The van der Waals surface area contributed by atoms with E-state index < -0.39 is 34.2 Å². The smallest absolute Gasteiger partial charge is 0.406 e. The molecule has 0 bridgehead atoms. The van der Waals surface area contributed by atoms with Crippen LogP contribution in [0.15, 0.2) is 82.1 Å². The number of aliphatic hydroxyl groups excluding tert-OH is 1. The summed E-state index contributed by atoms with van der Waals surface area (Å²) < 4.78 is 62.6. The van der Waals surface area contributed by atoms with Crippen LogP contribution >= 0.6 is 0 Å². The lowest BCUT2D eigenvalue weighted by Crippen LogP contribution is -2.55. The summed E-state index contributed by atoms with van der Waals surface area (Å²) in [6.45, 7) is 0. The molecule has 0 radical (unpaired) electrons. The lowest BCUT2D eigenvalue weighted by Gasteiger charge is -2.43. The summed E-state index contributed by atoms with van der Waals surface area (Å²) in [5.74, 6) is -0.407. The van der Waals surface area contributed by atoms with E-state index in [0.717, 1.165) is 49.2 Å². The maximum absolute atomic E-state index is 13.8. The first kappa shape index (κ1) is 26.5. The number of fused-ring (bicyclic) bond motifs is 2. The molecule has 5 rings (SSSR count). The monoisotopic (exact) mass is 545 g/mol. The lowest BCUT2D eigenvalue weighted by molar-refractivity contribution is -0.274. The van der Waals surface area contributed by atoms with Crippen molar-refractivity contribution in [1.82, 2.24) is 4.72 Å². The summed E-state index contributed by atoms with van der Waals surface area (Å²) in [6, 6.07) is 20.5. The van der Waals surface area contributed by atoms with Gasteiger partial charge in [-0.25, -0.2) is 13.3 Å². The molecule has 0 amide bonds. The number of para-hydroxylation sites is 2. The Kier molecular flexibility index (Phi) is 7.39. The first-order chi connectivity index (χ1) is 18.2. The molecule has 1 aliphatic carbocycles. The third-order valence-electron chi connectivity index (χ3n) is 7.26. The number of benzene rings is 3.